The molecule has 0 rings (SSSR count). The van der Waals surface area contributed by atoms with Crippen molar-refractivity contribution in [3.63, 3.8) is 0 Å². The molecule has 0 atom stereocenters. The van der Waals surface area contributed by atoms with Crippen LogP contribution in [0.25, 0.3) is 0 Å². The lowest BCUT2D eigenvalue weighted by Crippen LogP contribution is -2.01. The van der Waals surface area contributed by atoms with E-state index in [9.17, 15) is 0 Å². The van der Waals surface area contributed by atoms with Crippen LogP contribution >= 0.6 is 39.6 Å². The molecule has 0 bridgehead atoms. The summed E-state index contributed by atoms with van der Waals surface area (Å²) in [5.74, 6) is 1.05. The lowest BCUT2D eigenvalue weighted by molar-refractivity contribution is 0.272. The molecule has 0 aliphatic rings. The van der Waals surface area contributed by atoms with Crippen molar-refractivity contribution >= 4 is 43.9 Å². The Hall–Kier alpha value is 0.460. The maximum atomic E-state index is 8.88. The summed E-state index contributed by atoms with van der Waals surface area (Å²) < 4.78 is 18.3. The molecule has 0 spiro atoms. The van der Waals surface area contributed by atoms with E-state index in [2.05, 4.69) is 19.1 Å². The Bertz CT molecular complexity index is 251. The molecule has 0 fully saturated rings. The van der Waals surface area contributed by atoms with Gasteiger partial charge >= 0.3 is 15.6 Å². The second kappa shape index (κ2) is 11.5. The molecule has 0 radical (unpaired) electrons. The van der Waals surface area contributed by atoms with Gasteiger partial charge in [-0.2, -0.15) is 0 Å². The van der Waals surface area contributed by atoms with Crippen LogP contribution in [0.3, 0.4) is 0 Å². The number of nitrogens with two attached hydrogens (primary N) is 1. The number of hydrogen-bond acceptors (Lipinski definition) is 4. The molecule has 0 aromatic carbocycles. The van der Waals surface area contributed by atoms with Crippen molar-refractivity contribution in [1.29, 1.82) is 0 Å². The number of thioether (sulfide) groups is 1. The first-order valence-corrected chi connectivity index (χ1v) is 8.28. The Labute approximate surface area is 108 Å². The molecule has 0 unspecified atom stereocenters. The van der Waals surface area contributed by atoms with Crippen LogP contribution in [0.15, 0.2) is 0 Å². The van der Waals surface area contributed by atoms with Gasteiger partial charge in [-0.25, -0.2) is 9.13 Å². The van der Waals surface area contributed by atoms with E-state index in [1.807, 2.05) is 0 Å². The van der Waals surface area contributed by atoms with Gasteiger partial charge in [0.15, 0.2) is 0 Å². The summed E-state index contributed by atoms with van der Waals surface area (Å²) in [5, 5.41) is 0. The Morgan fingerprint density at radius 1 is 1.12 bits per heavy atom. The van der Waals surface area contributed by atoms with E-state index < -0.39 is 15.6 Å². The molecule has 0 aliphatic heterocycles. The average molecular weight is 331 g/mol. The molecule has 17 heavy (non-hydrogen) atoms. The van der Waals surface area contributed by atoms with E-state index in [-0.39, 0.29) is 0 Å². The highest BCUT2D eigenvalue weighted by Crippen LogP contribution is 2.26. The molecule has 13 heteroatoms. The van der Waals surface area contributed by atoms with Crippen molar-refractivity contribution in [1.82, 2.24) is 0 Å². The van der Waals surface area contributed by atoms with Crippen LogP contribution < -0.4 is 5.73 Å². The smallest absolute Gasteiger partial charge is 0.385 e. The van der Waals surface area contributed by atoms with Gasteiger partial charge in [0.1, 0.15) is 4.32 Å². The van der Waals surface area contributed by atoms with E-state index in [1.54, 1.807) is 11.8 Å². The number of rotatable bonds is 2. The van der Waals surface area contributed by atoms with Gasteiger partial charge in [0, 0.05) is 0 Å². The number of hydrogen-bond donors (Lipinski definition) is 7. The first-order valence-electron chi connectivity index (χ1n) is 3.76. The maximum absolute atomic E-state index is 8.88. The van der Waals surface area contributed by atoms with Gasteiger partial charge in [-0.3, -0.25) is 0 Å². The van der Waals surface area contributed by atoms with Crippen LogP contribution in [0.1, 0.15) is 13.3 Å². The Kier molecular flexibility index (Phi) is 15.4. The third-order valence-electron chi connectivity index (χ3n) is 0.448. The highest BCUT2D eigenvalue weighted by atomic mass is 32.2. The zero-order valence-corrected chi connectivity index (χ0v) is 12.1. The lowest BCUT2D eigenvalue weighted by atomic mass is 10.6. The molecule has 0 aromatic heterocycles. The van der Waals surface area contributed by atoms with Gasteiger partial charge in [0.05, 0.1) is 0 Å². The topological polar surface area (TPSA) is 182 Å². The van der Waals surface area contributed by atoms with Crippen LogP contribution in [-0.2, 0) is 9.13 Å². The summed E-state index contributed by atoms with van der Waals surface area (Å²) in [7, 11) is -9.28. The molecule has 0 saturated heterocycles. The van der Waals surface area contributed by atoms with Crippen LogP contribution in [0.2, 0.25) is 0 Å². The van der Waals surface area contributed by atoms with E-state index >= 15 is 0 Å². The second-order valence-electron chi connectivity index (χ2n) is 2.19. The summed E-state index contributed by atoms with van der Waals surface area (Å²) in [6.45, 7) is 2.10. The van der Waals surface area contributed by atoms with E-state index in [0.717, 1.165) is 12.2 Å². The van der Waals surface area contributed by atoms with Gasteiger partial charge in [0.25, 0.3) is 0 Å². The summed E-state index contributed by atoms with van der Waals surface area (Å²) in [6, 6.07) is 0. The second-order valence-corrected chi connectivity index (χ2v) is 6.08. The molecule has 0 aliphatic carbocycles. The SMILES string of the molecule is CCCSC(N)=S.O=P(O)(O)O.O=P(O)(O)O. The van der Waals surface area contributed by atoms with Crippen molar-refractivity contribution in [3.05, 3.63) is 0 Å². The molecular formula is C4H15NO8P2S2. The minimum Gasteiger partial charge on any atom is -0.385 e. The summed E-state index contributed by atoms with van der Waals surface area (Å²) >= 11 is 6.14. The molecular weight excluding hydrogens is 316 g/mol. The fourth-order valence-electron chi connectivity index (χ4n) is 0.203. The molecule has 9 nitrogen and oxygen atoms in total. The van der Waals surface area contributed by atoms with E-state index in [1.165, 1.54) is 0 Å². The van der Waals surface area contributed by atoms with Crippen LogP contribution in [0.4, 0.5) is 0 Å². The normalized spacial score (nSPS) is 10.5. The first kappa shape index (κ1) is 22.6. The Morgan fingerprint density at radius 3 is 1.41 bits per heavy atom. The lowest BCUT2D eigenvalue weighted by Gasteiger charge is -1.90. The van der Waals surface area contributed by atoms with Gasteiger partial charge in [-0.1, -0.05) is 30.9 Å². The minimum absolute atomic E-state index is 0.557. The zero-order chi connectivity index (χ0) is 14.7. The van der Waals surface area contributed by atoms with Crippen molar-refractivity contribution in [2.75, 3.05) is 5.75 Å². The molecule has 0 aromatic rings. The third kappa shape index (κ3) is 173. The Balaban J connectivity index is -0.000000177. The summed E-state index contributed by atoms with van der Waals surface area (Å²) in [5.41, 5.74) is 5.17. The summed E-state index contributed by atoms with van der Waals surface area (Å²) in [6.07, 6.45) is 1.14. The number of thiocarbonyl (C=S) groups is 1. The molecule has 0 amide bonds. The molecule has 0 heterocycles. The monoisotopic (exact) mass is 331 g/mol. The standard InChI is InChI=1S/C4H9NS2.2H3O4P/c1-2-3-7-4(5)6;2*1-5(2,3)4/h2-3H2,1H3,(H2,5,6);2*(H3,1,2,3,4). The van der Waals surface area contributed by atoms with Crippen molar-refractivity contribution in [3.8, 4) is 0 Å². The minimum atomic E-state index is -4.64. The maximum Gasteiger partial charge on any atom is 0.466 e. The van der Waals surface area contributed by atoms with Crippen molar-refractivity contribution in [2.24, 2.45) is 5.73 Å². The van der Waals surface area contributed by atoms with Gasteiger partial charge in [-0.05, 0) is 12.2 Å². The van der Waals surface area contributed by atoms with Crippen LogP contribution in [0, 0.1) is 0 Å². The zero-order valence-electron chi connectivity index (χ0n) is 8.70. The number of phosphoric acid groups is 2. The molecule has 8 N–H and O–H groups in total. The van der Waals surface area contributed by atoms with Crippen molar-refractivity contribution in [2.45, 2.75) is 13.3 Å². The van der Waals surface area contributed by atoms with Gasteiger partial charge < -0.3 is 35.1 Å². The fourth-order valence-corrected chi connectivity index (χ4v) is 0.858. The van der Waals surface area contributed by atoms with Crippen LogP contribution in [-0.4, -0.2) is 39.4 Å². The fraction of sp³-hybridized carbons (Fsp3) is 0.750. The largest absolute Gasteiger partial charge is 0.466 e. The predicted octanol–water partition coefficient (Wildman–Crippen LogP) is -0.484. The molecule has 106 valence electrons. The average Bonchev–Trinajstić information content (AvgIpc) is 1.93. The van der Waals surface area contributed by atoms with Crippen molar-refractivity contribution < 1.29 is 38.5 Å². The van der Waals surface area contributed by atoms with Crippen LogP contribution in [0.5, 0.6) is 0 Å². The van der Waals surface area contributed by atoms with E-state index in [0.29, 0.717) is 4.32 Å². The van der Waals surface area contributed by atoms with E-state index in [4.69, 9.17) is 44.2 Å². The summed E-state index contributed by atoms with van der Waals surface area (Å²) in [4.78, 5) is 43.1. The highest BCUT2D eigenvalue weighted by molar-refractivity contribution is 8.22. The highest BCUT2D eigenvalue weighted by Gasteiger charge is 2.00. The van der Waals surface area contributed by atoms with Gasteiger partial charge in [-0.15, -0.1) is 0 Å². The predicted molar refractivity (Wildman–Crippen MR) is 68.1 cm³/mol. The quantitative estimate of drug-likeness (QED) is 0.256. The molecule has 0 saturated carbocycles. The van der Waals surface area contributed by atoms with Gasteiger partial charge in [0.2, 0.25) is 0 Å². The third-order valence-corrected chi connectivity index (χ3v) is 1.70. The Morgan fingerprint density at radius 2 is 1.35 bits per heavy atom. The first-order chi connectivity index (χ1) is 7.27.